The normalized spacial score (nSPS) is 19.2. The molecular formula is C17H24N2O5. The van der Waals surface area contributed by atoms with Gasteiger partial charge in [0.15, 0.2) is 11.5 Å². The van der Waals surface area contributed by atoms with E-state index in [4.69, 9.17) is 19.9 Å². The number of nitrogens with two attached hydrogens (primary N) is 1. The Hall–Kier alpha value is -2.28. The zero-order chi connectivity index (χ0) is 17.7. The summed E-state index contributed by atoms with van der Waals surface area (Å²) in [5, 5.41) is 9.62. The minimum Gasteiger partial charge on any atom is -0.504 e. The maximum absolute atomic E-state index is 11.9. The third-order valence-electron chi connectivity index (χ3n) is 4.09. The molecule has 3 N–H and O–H groups in total. The molecule has 0 amide bonds. The van der Waals surface area contributed by atoms with Crippen molar-refractivity contribution in [1.29, 1.82) is 0 Å². The first-order valence-electron chi connectivity index (χ1n) is 7.96. The van der Waals surface area contributed by atoms with E-state index in [0.717, 1.165) is 6.42 Å². The van der Waals surface area contributed by atoms with Crippen LogP contribution in [0.5, 0.6) is 11.5 Å². The Bertz CT molecular complexity index is 617. The highest BCUT2D eigenvalue weighted by atomic mass is 16.5. The molecule has 0 saturated carbocycles. The molecule has 132 valence electrons. The number of hydrogen-bond acceptors (Lipinski definition) is 7. The van der Waals surface area contributed by atoms with E-state index in [0.29, 0.717) is 23.8 Å². The van der Waals surface area contributed by atoms with Crippen molar-refractivity contribution in [3.8, 4) is 11.5 Å². The lowest BCUT2D eigenvalue weighted by Crippen LogP contribution is -2.39. The van der Waals surface area contributed by atoms with Gasteiger partial charge in [0.2, 0.25) is 5.90 Å². The van der Waals surface area contributed by atoms with Gasteiger partial charge in [-0.25, -0.2) is 4.99 Å². The number of phenols is 1. The molecule has 1 aliphatic rings. The maximum atomic E-state index is 11.9. The van der Waals surface area contributed by atoms with Crippen molar-refractivity contribution in [2.45, 2.75) is 32.4 Å². The van der Waals surface area contributed by atoms with E-state index < -0.39 is 12.0 Å². The van der Waals surface area contributed by atoms with Gasteiger partial charge in [-0.1, -0.05) is 20.3 Å². The fourth-order valence-corrected chi connectivity index (χ4v) is 2.23. The number of carbonyl (C=O) groups excluding carboxylic acids is 1. The summed E-state index contributed by atoms with van der Waals surface area (Å²) >= 11 is 0. The first kappa shape index (κ1) is 18.1. The maximum Gasteiger partial charge on any atom is 0.323 e. The Kier molecular flexibility index (Phi) is 6.03. The zero-order valence-electron chi connectivity index (χ0n) is 14.2. The van der Waals surface area contributed by atoms with Gasteiger partial charge in [-0.3, -0.25) is 4.79 Å². The van der Waals surface area contributed by atoms with Crippen molar-refractivity contribution in [1.82, 2.24) is 0 Å². The lowest BCUT2D eigenvalue weighted by Gasteiger charge is -2.17. The molecule has 0 bridgehead atoms. The monoisotopic (exact) mass is 336 g/mol. The van der Waals surface area contributed by atoms with E-state index in [1.165, 1.54) is 13.2 Å². The summed E-state index contributed by atoms with van der Waals surface area (Å²) in [6.07, 6.45) is 0.813. The lowest BCUT2D eigenvalue weighted by atomic mass is 10.0. The van der Waals surface area contributed by atoms with Gasteiger partial charge >= 0.3 is 5.97 Å². The average Bonchev–Trinajstić information content (AvgIpc) is 3.07. The molecule has 3 atom stereocenters. The number of rotatable bonds is 7. The zero-order valence-corrected chi connectivity index (χ0v) is 14.2. The molecule has 1 heterocycles. The van der Waals surface area contributed by atoms with Crippen LogP contribution < -0.4 is 10.5 Å². The van der Waals surface area contributed by atoms with Crippen LogP contribution >= 0.6 is 0 Å². The number of ether oxygens (including phenoxy) is 3. The van der Waals surface area contributed by atoms with Crippen LogP contribution in [0.4, 0.5) is 0 Å². The first-order chi connectivity index (χ1) is 11.5. The third-order valence-corrected chi connectivity index (χ3v) is 4.09. The van der Waals surface area contributed by atoms with Gasteiger partial charge in [-0.15, -0.1) is 0 Å². The van der Waals surface area contributed by atoms with Gasteiger partial charge in [0.25, 0.3) is 0 Å². The molecule has 7 nitrogen and oxygen atoms in total. The predicted molar refractivity (Wildman–Crippen MR) is 89.3 cm³/mol. The van der Waals surface area contributed by atoms with E-state index in [1.54, 1.807) is 12.1 Å². The minimum atomic E-state index is -0.623. The fourth-order valence-electron chi connectivity index (χ4n) is 2.23. The number of benzene rings is 1. The molecule has 0 saturated heterocycles. The molecule has 1 unspecified atom stereocenters. The summed E-state index contributed by atoms with van der Waals surface area (Å²) < 4.78 is 15.9. The highest BCUT2D eigenvalue weighted by Crippen LogP contribution is 2.27. The molecule has 2 rings (SSSR count). The smallest absolute Gasteiger partial charge is 0.323 e. The van der Waals surface area contributed by atoms with Crippen molar-refractivity contribution < 1.29 is 24.1 Å². The summed E-state index contributed by atoms with van der Waals surface area (Å²) in [7, 11) is 1.47. The molecular weight excluding hydrogens is 312 g/mol. The van der Waals surface area contributed by atoms with Crippen LogP contribution in [-0.4, -0.2) is 49.4 Å². The van der Waals surface area contributed by atoms with Crippen LogP contribution in [0, 0.1) is 5.92 Å². The summed E-state index contributed by atoms with van der Waals surface area (Å²) in [6, 6.07) is 3.94. The number of hydrogen-bond donors (Lipinski definition) is 2. The Labute approximate surface area is 141 Å². The number of nitrogens with zero attached hydrogens (tertiary/aromatic N) is 1. The number of aromatic hydroxyl groups is 1. The second-order valence-electron chi connectivity index (χ2n) is 5.83. The number of aliphatic imine (C=N–C) groups is 1. The van der Waals surface area contributed by atoms with Crippen LogP contribution in [-0.2, 0) is 14.3 Å². The van der Waals surface area contributed by atoms with Gasteiger partial charge in [0.1, 0.15) is 25.3 Å². The van der Waals surface area contributed by atoms with E-state index in [9.17, 15) is 9.90 Å². The Morgan fingerprint density at radius 3 is 2.96 bits per heavy atom. The van der Waals surface area contributed by atoms with E-state index in [-0.39, 0.29) is 24.3 Å². The highest BCUT2D eigenvalue weighted by Gasteiger charge is 2.25. The van der Waals surface area contributed by atoms with Crippen molar-refractivity contribution in [2.75, 3.05) is 20.3 Å². The predicted octanol–water partition coefficient (Wildman–Crippen LogP) is 1.46. The number of phenolic OH excluding ortho intramolecular Hbond substituents is 1. The van der Waals surface area contributed by atoms with Gasteiger partial charge < -0.3 is 25.1 Å². The molecule has 1 aromatic rings. The standard InChI is InChI=1S/C17H24N2O5/c1-4-10(2)15(18)17(21)24-9-12-8-23-16(19-12)11-5-6-13(20)14(7-11)22-3/h5-7,10,12,15,20H,4,8-9,18H2,1-3H3/t10?,12-,15-/m0/s1. The lowest BCUT2D eigenvalue weighted by molar-refractivity contribution is -0.147. The minimum absolute atomic E-state index is 0.0457. The van der Waals surface area contributed by atoms with Gasteiger partial charge in [0, 0.05) is 5.56 Å². The quantitative estimate of drug-likeness (QED) is 0.731. The second kappa shape index (κ2) is 8.01. The van der Waals surface area contributed by atoms with Gasteiger partial charge in [-0.2, -0.15) is 0 Å². The molecule has 1 aromatic carbocycles. The molecule has 0 aliphatic carbocycles. The van der Waals surface area contributed by atoms with Crippen LogP contribution in [0.2, 0.25) is 0 Å². The van der Waals surface area contributed by atoms with E-state index in [1.807, 2.05) is 13.8 Å². The van der Waals surface area contributed by atoms with Crippen molar-refractivity contribution in [3.63, 3.8) is 0 Å². The largest absolute Gasteiger partial charge is 0.504 e. The molecule has 24 heavy (non-hydrogen) atoms. The van der Waals surface area contributed by atoms with Gasteiger partial charge in [-0.05, 0) is 24.1 Å². The second-order valence-corrected chi connectivity index (χ2v) is 5.83. The topological polar surface area (TPSA) is 103 Å². The van der Waals surface area contributed by atoms with Crippen LogP contribution in [0.3, 0.4) is 0 Å². The Balaban J connectivity index is 1.95. The fraction of sp³-hybridized carbons (Fsp3) is 0.529. The molecule has 1 aliphatic heterocycles. The molecule has 0 spiro atoms. The van der Waals surface area contributed by atoms with Crippen LogP contribution in [0.25, 0.3) is 0 Å². The third kappa shape index (κ3) is 4.17. The highest BCUT2D eigenvalue weighted by molar-refractivity contribution is 5.95. The summed E-state index contributed by atoms with van der Waals surface area (Å²) in [5.74, 6) is 0.471. The molecule has 0 radical (unpaired) electrons. The van der Waals surface area contributed by atoms with Gasteiger partial charge in [0.05, 0.1) is 7.11 Å². The molecule has 7 heteroatoms. The van der Waals surface area contributed by atoms with Crippen LogP contribution in [0.15, 0.2) is 23.2 Å². The van der Waals surface area contributed by atoms with Crippen molar-refractivity contribution in [3.05, 3.63) is 23.8 Å². The summed E-state index contributed by atoms with van der Waals surface area (Å²) in [5.41, 5.74) is 6.53. The van der Waals surface area contributed by atoms with Crippen molar-refractivity contribution >= 4 is 11.9 Å². The summed E-state index contributed by atoms with van der Waals surface area (Å²) in [4.78, 5) is 16.3. The SMILES string of the molecule is CCC(C)[C@H](N)C(=O)OC[C@@H]1COC(c2ccc(O)c(OC)c2)=N1. The molecule has 0 fully saturated rings. The number of methoxy groups -OCH3 is 1. The van der Waals surface area contributed by atoms with E-state index in [2.05, 4.69) is 4.99 Å². The van der Waals surface area contributed by atoms with Crippen LogP contribution in [0.1, 0.15) is 25.8 Å². The Morgan fingerprint density at radius 1 is 1.54 bits per heavy atom. The molecule has 0 aromatic heterocycles. The number of esters is 1. The summed E-state index contributed by atoms with van der Waals surface area (Å²) in [6.45, 7) is 4.34. The first-order valence-corrected chi connectivity index (χ1v) is 7.96. The Morgan fingerprint density at radius 2 is 2.29 bits per heavy atom. The number of carbonyl (C=O) groups is 1. The average molecular weight is 336 g/mol. The van der Waals surface area contributed by atoms with Crippen molar-refractivity contribution in [2.24, 2.45) is 16.6 Å². The van der Waals surface area contributed by atoms with E-state index >= 15 is 0 Å².